The van der Waals surface area contributed by atoms with Gasteiger partial charge in [0.15, 0.2) is 0 Å². The van der Waals surface area contributed by atoms with E-state index in [2.05, 4.69) is 0 Å². The van der Waals surface area contributed by atoms with E-state index in [0.717, 1.165) is 11.1 Å². The van der Waals surface area contributed by atoms with Crippen LogP contribution in [0.4, 0.5) is 0 Å². The number of rotatable bonds is 1. The third-order valence-corrected chi connectivity index (χ3v) is 1.99. The molecule has 0 amide bonds. The molecule has 2 rings (SSSR count). The summed E-state index contributed by atoms with van der Waals surface area (Å²) < 4.78 is 0. The van der Waals surface area contributed by atoms with Gasteiger partial charge in [-0.15, -0.1) is 0 Å². The number of aromatic hydroxyl groups is 1. The first-order valence-electron chi connectivity index (χ1n) is 4.21. The maximum atomic E-state index is 9.56. The summed E-state index contributed by atoms with van der Waals surface area (Å²) in [6.07, 6.45) is 0. The highest BCUT2D eigenvalue weighted by atomic mass is 27.0. The molecule has 0 aromatic heterocycles. The minimum atomic E-state index is 0. The van der Waals surface area contributed by atoms with Gasteiger partial charge >= 0.3 is 0 Å². The van der Waals surface area contributed by atoms with Crippen molar-refractivity contribution in [1.82, 2.24) is 0 Å². The average molecular weight is 197 g/mol. The van der Waals surface area contributed by atoms with Gasteiger partial charge in [0.05, 0.1) is 0 Å². The molecule has 0 fully saturated rings. The van der Waals surface area contributed by atoms with Gasteiger partial charge in [0, 0.05) is 22.9 Å². The first-order chi connectivity index (χ1) is 6.38. The van der Waals surface area contributed by atoms with Gasteiger partial charge in [-0.2, -0.15) is 0 Å². The van der Waals surface area contributed by atoms with E-state index in [9.17, 15) is 5.11 Å². The Morgan fingerprint density at radius 3 is 1.93 bits per heavy atom. The Kier molecular flexibility index (Phi) is 3.76. The Morgan fingerprint density at radius 1 is 0.714 bits per heavy atom. The van der Waals surface area contributed by atoms with Gasteiger partial charge in [-0.3, -0.25) is 0 Å². The molecule has 2 heteroatoms. The van der Waals surface area contributed by atoms with Crippen LogP contribution >= 0.6 is 0 Å². The molecular weight excluding hydrogens is 187 g/mol. The molecule has 0 bridgehead atoms. The molecule has 0 atom stereocenters. The van der Waals surface area contributed by atoms with Crippen molar-refractivity contribution < 1.29 is 5.11 Å². The minimum absolute atomic E-state index is 0. The summed E-state index contributed by atoms with van der Waals surface area (Å²) in [6, 6.07) is 17.2. The monoisotopic (exact) mass is 197 g/mol. The summed E-state index contributed by atoms with van der Waals surface area (Å²) in [5.74, 6) is 0.328. The predicted octanol–water partition coefficient (Wildman–Crippen LogP) is 2.68. The predicted molar refractivity (Wildman–Crippen MR) is 59.3 cm³/mol. The first kappa shape index (κ1) is 10.9. The minimum Gasteiger partial charge on any atom is -0.507 e. The summed E-state index contributed by atoms with van der Waals surface area (Å²) in [5, 5.41) is 9.56. The molecule has 0 spiro atoms. The smallest absolute Gasteiger partial charge is 0.123 e. The molecule has 0 unspecified atom stereocenters. The summed E-state index contributed by atoms with van der Waals surface area (Å²) in [4.78, 5) is 0. The van der Waals surface area contributed by atoms with Crippen LogP contribution in [-0.2, 0) is 0 Å². The van der Waals surface area contributed by atoms with Gasteiger partial charge in [-0.05, 0) is 11.6 Å². The van der Waals surface area contributed by atoms with E-state index in [0.29, 0.717) is 5.75 Å². The Balaban J connectivity index is 0.000000980. The molecular formula is C12H10AlO. The van der Waals surface area contributed by atoms with Crippen LogP contribution in [0, 0.1) is 0 Å². The van der Waals surface area contributed by atoms with Crippen molar-refractivity contribution in [1.29, 1.82) is 0 Å². The van der Waals surface area contributed by atoms with Gasteiger partial charge in [0.25, 0.3) is 0 Å². The summed E-state index contributed by atoms with van der Waals surface area (Å²) in [6.45, 7) is 0. The van der Waals surface area contributed by atoms with Crippen LogP contribution in [0.25, 0.3) is 11.1 Å². The summed E-state index contributed by atoms with van der Waals surface area (Å²) in [7, 11) is 0. The number of hydrogen-bond donors (Lipinski definition) is 1. The number of phenols is 1. The van der Waals surface area contributed by atoms with Gasteiger partial charge in [-0.1, -0.05) is 48.5 Å². The van der Waals surface area contributed by atoms with Crippen molar-refractivity contribution in [3.8, 4) is 16.9 Å². The molecule has 14 heavy (non-hydrogen) atoms. The number of phenolic OH excluding ortho intramolecular Hbond substituents is 1. The van der Waals surface area contributed by atoms with Crippen molar-refractivity contribution >= 4 is 17.4 Å². The second-order valence-electron chi connectivity index (χ2n) is 2.88. The molecule has 1 N–H and O–H groups in total. The van der Waals surface area contributed by atoms with Crippen LogP contribution < -0.4 is 0 Å². The lowest BCUT2D eigenvalue weighted by molar-refractivity contribution is 0.477. The normalized spacial score (nSPS) is 9.14. The summed E-state index contributed by atoms with van der Waals surface area (Å²) in [5.41, 5.74) is 1.92. The van der Waals surface area contributed by atoms with Crippen molar-refractivity contribution in [2.24, 2.45) is 0 Å². The lowest BCUT2D eigenvalue weighted by Crippen LogP contribution is -1.76. The molecule has 0 aliphatic rings. The highest BCUT2D eigenvalue weighted by Gasteiger charge is 2.00. The maximum absolute atomic E-state index is 9.56. The zero-order valence-electron chi connectivity index (χ0n) is 7.72. The number of hydrogen-bond acceptors (Lipinski definition) is 1. The molecule has 0 aliphatic heterocycles. The molecule has 0 heterocycles. The van der Waals surface area contributed by atoms with Crippen LogP contribution in [-0.4, -0.2) is 22.5 Å². The summed E-state index contributed by atoms with van der Waals surface area (Å²) >= 11 is 0. The van der Waals surface area contributed by atoms with E-state index >= 15 is 0 Å². The SMILES string of the molecule is Oc1ccccc1-c1ccccc1.[Al]. The molecule has 0 aliphatic carbocycles. The highest BCUT2D eigenvalue weighted by Crippen LogP contribution is 2.27. The third-order valence-electron chi connectivity index (χ3n) is 1.99. The molecule has 2 aromatic carbocycles. The quantitative estimate of drug-likeness (QED) is 0.697. The molecule has 67 valence electrons. The van der Waals surface area contributed by atoms with Crippen molar-refractivity contribution in [3.05, 3.63) is 54.6 Å². The maximum Gasteiger partial charge on any atom is 0.123 e. The lowest BCUT2D eigenvalue weighted by atomic mass is 10.1. The van der Waals surface area contributed by atoms with Gasteiger partial charge in [0.2, 0.25) is 0 Å². The van der Waals surface area contributed by atoms with Gasteiger partial charge in [0.1, 0.15) is 5.75 Å². The van der Waals surface area contributed by atoms with E-state index < -0.39 is 0 Å². The Morgan fingerprint density at radius 2 is 1.29 bits per heavy atom. The standard InChI is InChI=1S/C12H10O.Al/c13-12-9-5-4-8-11(12)10-6-2-1-3-7-10;/h1-9,13H;. The molecule has 2 aromatic rings. The van der Waals surface area contributed by atoms with Gasteiger partial charge in [-0.25, -0.2) is 0 Å². The Bertz CT molecular complexity index is 398. The third kappa shape index (κ3) is 2.17. The molecule has 3 radical (unpaired) electrons. The Labute approximate surface area is 94.2 Å². The van der Waals surface area contributed by atoms with Crippen molar-refractivity contribution in [2.45, 2.75) is 0 Å². The fraction of sp³-hybridized carbons (Fsp3) is 0. The fourth-order valence-electron chi connectivity index (χ4n) is 1.34. The molecule has 1 nitrogen and oxygen atoms in total. The van der Waals surface area contributed by atoms with Crippen molar-refractivity contribution in [3.63, 3.8) is 0 Å². The number of para-hydroxylation sites is 1. The topological polar surface area (TPSA) is 20.2 Å². The van der Waals surface area contributed by atoms with Gasteiger partial charge < -0.3 is 5.11 Å². The van der Waals surface area contributed by atoms with Crippen LogP contribution in [0.15, 0.2) is 54.6 Å². The second kappa shape index (κ2) is 4.86. The molecule has 0 saturated heterocycles. The largest absolute Gasteiger partial charge is 0.507 e. The van der Waals surface area contributed by atoms with Crippen LogP contribution in [0.3, 0.4) is 0 Å². The van der Waals surface area contributed by atoms with E-state index in [4.69, 9.17) is 0 Å². The van der Waals surface area contributed by atoms with E-state index in [1.165, 1.54) is 0 Å². The number of benzene rings is 2. The zero-order chi connectivity index (χ0) is 9.10. The highest BCUT2D eigenvalue weighted by molar-refractivity contribution is 5.75. The first-order valence-corrected chi connectivity index (χ1v) is 4.21. The van der Waals surface area contributed by atoms with Crippen molar-refractivity contribution in [2.75, 3.05) is 0 Å². The fourth-order valence-corrected chi connectivity index (χ4v) is 1.34. The van der Waals surface area contributed by atoms with E-state index in [1.807, 2.05) is 48.5 Å². The Hall–Kier alpha value is -1.23. The van der Waals surface area contributed by atoms with Crippen LogP contribution in [0.1, 0.15) is 0 Å². The lowest BCUT2D eigenvalue weighted by Gasteiger charge is -2.02. The molecule has 0 saturated carbocycles. The van der Waals surface area contributed by atoms with Crippen LogP contribution in [0.2, 0.25) is 0 Å². The second-order valence-corrected chi connectivity index (χ2v) is 2.88. The van der Waals surface area contributed by atoms with Crippen LogP contribution in [0.5, 0.6) is 5.75 Å². The average Bonchev–Trinajstić information content (AvgIpc) is 2.20. The zero-order valence-corrected chi connectivity index (χ0v) is 8.88. The van der Waals surface area contributed by atoms with E-state index in [-0.39, 0.29) is 17.4 Å². The van der Waals surface area contributed by atoms with E-state index in [1.54, 1.807) is 6.07 Å².